The highest BCUT2D eigenvalue weighted by atomic mass is 32.1. The van der Waals surface area contributed by atoms with Crippen molar-refractivity contribution in [2.24, 2.45) is 29.4 Å². The van der Waals surface area contributed by atoms with Gasteiger partial charge in [0.1, 0.15) is 10.8 Å². The Labute approximate surface area is 203 Å². The lowest BCUT2D eigenvalue weighted by molar-refractivity contribution is -0.181. The highest BCUT2D eigenvalue weighted by molar-refractivity contribution is 7.13. The number of phenolic OH excluding ortho intramolecular Hbond substituents is 1. The molecule has 10 nitrogen and oxygen atoms in total. The maximum Gasteiger partial charge on any atom is 0.235 e. The largest absolute Gasteiger partial charge is 0.507 e. The number of hydrogen-bond donors (Lipinski definition) is 3. The van der Waals surface area contributed by atoms with Crippen molar-refractivity contribution in [3.05, 3.63) is 34.8 Å². The van der Waals surface area contributed by atoms with E-state index in [4.69, 9.17) is 5.73 Å². The third-order valence-corrected chi connectivity index (χ3v) is 8.41. The number of ketones is 4. The lowest BCUT2D eigenvalue weighted by Gasteiger charge is -2.52. The fraction of sp³-hybridized carbons (Fsp3) is 0.417. The zero-order chi connectivity index (χ0) is 25.4. The normalized spacial score (nSPS) is 32.3. The van der Waals surface area contributed by atoms with Crippen molar-refractivity contribution in [1.29, 1.82) is 0 Å². The summed E-state index contributed by atoms with van der Waals surface area (Å²) in [5, 5.41) is 24.5. The fourth-order valence-corrected chi connectivity index (χ4v) is 6.85. The third-order valence-electron chi connectivity index (χ3n) is 7.61. The van der Waals surface area contributed by atoms with Crippen LogP contribution in [0.25, 0.3) is 10.6 Å². The van der Waals surface area contributed by atoms with Crippen LogP contribution in [0.4, 0.5) is 0 Å². The highest BCUT2D eigenvalue weighted by Gasteiger charge is 2.69. The molecule has 0 aliphatic heterocycles. The number of nitrogens with zero attached hydrogens (tertiary/aromatic N) is 2. The molecular weight excluding hydrogens is 474 g/mol. The molecule has 0 spiro atoms. The van der Waals surface area contributed by atoms with Gasteiger partial charge in [-0.15, -0.1) is 11.3 Å². The van der Waals surface area contributed by atoms with Crippen LogP contribution in [0.15, 0.2) is 23.7 Å². The number of carbonyl (C=O) groups is 5. The second-order valence-electron chi connectivity index (χ2n) is 9.61. The first-order valence-corrected chi connectivity index (χ1v) is 12.0. The van der Waals surface area contributed by atoms with E-state index in [1.807, 2.05) is 0 Å². The van der Waals surface area contributed by atoms with Crippen molar-refractivity contribution in [3.8, 4) is 16.3 Å². The number of phenols is 1. The molecule has 1 aromatic heterocycles. The molecule has 2 unspecified atom stereocenters. The topological polar surface area (TPSA) is 168 Å². The number of amides is 1. The zero-order valence-corrected chi connectivity index (χ0v) is 19.7. The summed E-state index contributed by atoms with van der Waals surface area (Å²) in [6.45, 7) is 0. The molecule has 1 heterocycles. The lowest BCUT2D eigenvalue weighted by Crippen LogP contribution is -2.74. The molecule has 1 aromatic carbocycles. The highest BCUT2D eigenvalue weighted by Crippen LogP contribution is 2.51. The Morgan fingerprint density at radius 2 is 1.91 bits per heavy atom. The molecule has 2 fully saturated rings. The van der Waals surface area contributed by atoms with E-state index in [2.05, 4.69) is 4.98 Å². The number of hydrogen-bond acceptors (Lipinski definition) is 10. The van der Waals surface area contributed by atoms with E-state index in [9.17, 15) is 34.2 Å². The van der Waals surface area contributed by atoms with Gasteiger partial charge in [-0.25, -0.2) is 4.98 Å². The summed E-state index contributed by atoms with van der Waals surface area (Å²) in [7, 11) is 3.10. The number of Topliss-reactive ketones (excluding diaryl/α,β-unsaturated/α-hetero) is 4. The zero-order valence-electron chi connectivity index (χ0n) is 18.9. The van der Waals surface area contributed by atoms with Gasteiger partial charge in [-0.3, -0.25) is 28.9 Å². The lowest BCUT2D eigenvalue weighted by atomic mass is 9.52. The van der Waals surface area contributed by atoms with Gasteiger partial charge in [-0.05, 0) is 50.6 Å². The molecule has 5 rings (SSSR count). The Kier molecular flexibility index (Phi) is 5.28. The molecule has 0 radical (unpaired) electrons. The number of rotatable bonds is 3. The Morgan fingerprint density at radius 1 is 1.20 bits per heavy atom. The summed E-state index contributed by atoms with van der Waals surface area (Å²) in [6.07, 6.45) is 1.83. The van der Waals surface area contributed by atoms with Crippen LogP contribution in [0.1, 0.15) is 22.3 Å². The van der Waals surface area contributed by atoms with Gasteiger partial charge >= 0.3 is 0 Å². The molecule has 35 heavy (non-hydrogen) atoms. The summed E-state index contributed by atoms with van der Waals surface area (Å²) < 4.78 is 0. The van der Waals surface area contributed by atoms with Gasteiger partial charge < -0.3 is 15.9 Å². The average Bonchev–Trinajstić information content (AvgIpc) is 3.30. The van der Waals surface area contributed by atoms with Gasteiger partial charge in [0.05, 0.1) is 17.5 Å². The van der Waals surface area contributed by atoms with Crippen molar-refractivity contribution in [2.75, 3.05) is 14.1 Å². The Morgan fingerprint density at radius 3 is 2.51 bits per heavy atom. The van der Waals surface area contributed by atoms with Crippen molar-refractivity contribution in [1.82, 2.24) is 9.88 Å². The molecule has 1 amide bonds. The number of aromatic nitrogens is 1. The standard InChI is InChI=1S/C24H23N3O7S/c1-27(2)17-12-8-9-7-11-10(23-26-5-6-35-23)3-4-13(28)15(11)18(29)14(9)20(31)24(12,34)21(32)16(19(17)30)22(25)33/h3-6,9,12,14,16-17,28,34H,7-8H2,1-2H3,(H2,25,33)/t9-,12-,14?,16?,17-,24-/m0/s1. The van der Waals surface area contributed by atoms with E-state index in [0.717, 1.165) is 0 Å². The third kappa shape index (κ3) is 3.08. The summed E-state index contributed by atoms with van der Waals surface area (Å²) in [6, 6.07) is 1.89. The van der Waals surface area contributed by atoms with E-state index in [-0.39, 0.29) is 24.2 Å². The van der Waals surface area contributed by atoms with Gasteiger partial charge in [-0.1, -0.05) is 0 Å². The number of nitrogens with two attached hydrogens (primary N) is 1. The van der Waals surface area contributed by atoms with E-state index in [0.29, 0.717) is 16.1 Å². The molecule has 2 aromatic rings. The van der Waals surface area contributed by atoms with Crippen LogP contribution in [-0.2, 0) is 25.6 Å². The van der Waals surface area contributed by atoms with Crippen molar-refractivity contribution in [3.63, 3.8) is 0 Å². The molecule has 3 aliphatic carbocycles. The number of thiazole rings is 1. The molecule has 0 bridgehead atoms. The SMILES string of the molecule is CN(C)[C@@H]1C(=O)C(C(N)=O)C(=O)[C@@]2(O)C(=O)C3C(=O)c4c(O)ccc(-c5nccs5)c4C[C@H]3C[C@@H]12. The maximum absolute atomic E-state index is 13.7. The van der Waals surface area contributed by atoms with E-state index in [1.54, 1.807) is 31.7 Å². The molecule has 3 aliphatic rings. The van der Waals surface area contributed by atoms with Gasteiger partial charge in [0.15, 0.2) is 34.7 Å². The molecular formula is C24H23N3O7S. The summed E-state index contributed by atoms with van der Waals surface area (Å²) >= 11 is 1.36. The monoisotopic (exact) mass is 497 g/mol. The van der Waals surface area contributed by atoms with Crippen molar-refractivity contribution >= 4 is 40.4 Å². The van der Waals surface area contributed by atoms with Crippen LogP contribution < -0.4 is 5.73 Å². The number of carbonyl (C=O) groups excluding carboxylic acids is 5. The van der Waals surface area contributed by atoms with Crippen LogP contribution in [0.5, 0.6) is 5.75 Å². The first-order valence-electron chi connectivity index (χ1n) is 11.1. The molecule has 2 saturated carbocycles. The molecule has 4 N–H and O–H groups in total. The number of benzene rings is 1. The quantitative estimate of drug-likeness (QED) is 0.494. The second-order valence-corrected chi connectivity index (χ2v) is 10.5. The number of likely N-dealkylation sites (N-methyl/N-ethyl adjacent to an activating group) is 1. The molecule has 6 atom stereocenters. The van der Waals surface area contributed by atoms with Gasteiger partial charge in [0, 0.05) is 23.1 Å². The van der Waals surface area contributed by atoms with Crippen LogP contribution in [0, 0.1) is 23.7 Å². The van der Waals surface area contributed by atoms with Crippen LogP contribution >= 0.6 is 11.3 Å². The van der Waals surface area contributed by atoms with Gasteiger partial charge in [-0.2, -0.15) is 0 Å². The first-order chi connectivity index (χ1) is 16.5. The van der Waals surface area contributed by atoms with E-state index in [1.165, 1.54) is 22.3 Å². The smallest absolute Gasteiger partial charge is 0.235 e. The van der Waals surface area contributed by atoms with Gasteiger partial charge in [0.25, 0.3) is 0 Å². The molecule has 0 saturated heterocycles. The number of aromatic hydroxyl groups is 1. The van der Waals surface area contributed by atoms with E-state index >= 15 is 0 Å². The molecule has 11 heteroatoms. The van der Waals surface area contributed by atoms with E-state index < -0.39 is 64.4 Å². The molecule has 182 valence electrons. The number of fused-ring (bicyclic) bond motifs is 3. The predicted octanol–water partition coefficient (Wildman–Crippen LogP) is -0.00950. The van der Waals surface area contributed by atoms with Crippen molar-refractivity contribution in [2.45, 2.75) is 24.5 Å². The minimum atomic E-state index is -2.72. The Hall–Kier alpha value is -3.28. The number of primary amides is 1. The van der Waals surface area contributed by atoms with Crippen molar-refractivity contribution < 1.29 is 34.2 Å². The summed E-state index contributed by atoms with van der Waals surface area (Å²) in [5.74, 6) is -10.5. The Bertz CT molecular complexity index is 1300. The minimum absolute atomic E-state index is 0.0108. The average molecular weight is 498 g/mol. The number of aliphatic hydroxyl groups is 1. The maximum atomic E-state index is 13.7. The van der Waals surface area contributed by atoms with Gasteiger partial charge in [0.2, 0.25) is 5.91 Å². The van der Waals surface area contributed by atoms with Crippen LogP contribution in [0.2, 0.25) is 0 Å². The van der Waals surface area contributed by atoms with Crippen LogP contribution in [0.3, 0.4) is 0 Å². The predicted molar refractivity (Wildman–Crippen MR) is 122 cm³/mol. The Balaban J connectivity index is 1.67. The summed E-state index contributed by atoms with van der Waals surface area (Å²) in [5.41, 5.74) is 3.75. The second kappa shape index (κ2) is 7.87. The summed E-state index contributed by atoms with van der Waals surface area (Å²) in [4.78, 5) is 71.5. The first kappa shape index (κ1) is 23.5. The fourth-order valence-electron chi connectivity index (χ4n) is 6.16. The van der Waals surface area contributed by atoms with Crippen LogP contribution in [-0.4, -0.2) is 74.9 Å². The minimum Gasteiger partial charge on any atom is -0.507 e.